The van der Waals surface area contributed by atoms with Crippen LogP contribution in [0.2, 0.25) is 5.02 Å². The zero-order valence-corrected chi connectivity index (χ0v) is 26.9. The molecule has 12 heteroatoms. The van der Waals surface area contributed by atoms with E-state index >= 15 is 4.39 Å². The molecule has 0 bridgehead atoms. The molecule has 6 rings (SSSR count). The van der Waals surface area contributed by atoms with Gasteiger partial charge in [-0.25, -0.2) is 22.1 Å². The number of halogens is 2. The molecule has 2 atom stereocenters. The van der Waals surface area contributed by atoms with Crippen LogP contribution in [0.5, 0.6) is 11.5 Å². The monoisotopic (exact) mass is 656 g/mol. The molecule has 0 amide bonds. The molecule has 44 heavy (non-hydrogen) atoms. The molecule has 4 aromatic rings. The second kappa shape index (κ2) is 12.9. The number of aryl methyl sites for hydroxylation is 1. The van der Waals surface area contributed by atoms with Crippen molar-refractivity contribution in [3.8, 4) is 11.5 Å². The van der Waals surface area contributed by atoms with Crippen molar-refractivity contribution in [2.24, 2.45) is 5.92 Å². The molecule has 3 aromatic carbocycles. The summed E-state index contributed by atoms with van der Waals surface area (Å²) in [5, 5.41) is 5.01. The van der Waals surface area contributed by atoms with Crippen LogP contribution >= 0.6 is 22.9 Å². The van der Waals surface area contributed by atoms with Gasteiger partial charge in [0.1, 0.15) is 22.2 Å². The highest BCUT2D eigenvalue weighted by Gasteiger charge is 2.34. The molecule has 1 unspecified atom stereocenters. The number of hydrogen-bond donors (Lipinski definition) is 1. The Labute approximate surface area is 266 Å². The highest BCUT2D eigenvalue weighted by molar-refractivity contribution is 7.92. The van der Waals surface area contributed by atoms with Crippen LogP contribution in [0, 0.1) is 11.7 Å². The van der Waals surface area contributed by atoms with Crippen LogP contribution in [0.15, 0.2) is 70.4 Å². The van der Waals surface area contributed by atoms with E-state index in [0.29, 0.717) is 41.3 Å². The molecule has 1 N–H and O–H groups in total. The molecule has 1 aliphatic heterocycles. The number of ether oxygens (including phenoxy) is 2. The standard InChI is InChI=1S/C32H34ClFN4O4S2/c1-41-24-9-7-23(30(13-24)42-2)18-38(32-19-43-20-36-32)44(39,40)31-14-26(33)28(15-27(31)34)35-16-21-11-12-37(17-21)29-10-8-22-5-3-4-6-25(22)29/h3-7,9,13-15,19-21,29,35H,8,10-12,16-18H2,1-2H3/t21?,29-/m0/s1. The Hall–Kier alpha value is -3.38. The van der Waals surface area contributed by atoms with Gasteiger partial charge in [-0.05, 0) is 67.1 Å². The number of fused-ring (bicyclic) bond motifs is 1. The Balaban J connectivity index is 1.18. The van der Waals surface area contributed by atoms with Crippen molar-refractivity contribution in [1.82, 2.24) is 9.88 Å². The number of anilines is 2. The number of nitrogens with one attached hydrogen (secondary N) is 1. The first kappa shape index (κ1) is 30.6. The van der Waals surface area contributed by atoms with Crippen molar-refractivity contribution >= 4 is 44.5 Å². The van der Waals surface area contributed by atoms with Gasteiger partial charge in [0.2, 0.25) is 0 Å². The van der Waals surface area contributed by atoms with Crippen molar-refractivity contribution < 1.29 is 22.3 Å². The van der Waals surface area contributed by atoms with E-state index in [1.165, 1.54) is 54.3 Å². The van der Waals surface area contributed by atoms with Crippen LogP contribution in [0.25, 0.3) is 0 Å². The van der Waals surface area contributed by atoms with Crippen LogP contribution in [0.3, 0.4) is 0 Å². The lowest BCUT2D eigenvalue weighted by Gasteiger charge is -2.25. The van der Waals surface area contributed by atoms with E-state index in [0.717, 1.165) is 36.7 Å². The van der Waals surface area contributed by atoms with E-state index in [2.05, 4.69) is 39.5 Å². The fourth-order valence-electron chi connectivity index (χ4n) is 6.22. The van der Waals surface area contributed by atoms with Crippen LogP contribution in [-0.4, -0.2) is 52.2 Å². The van der Waals surface area contributed by atoms with Crippen molar-refractivity contribution in [2.45, 2.75) is 36.7 Å². The first-order valence-corrected chi connectivity index (χ1v) is 17.2. The molecular weight excluding hydrogens is 623 g/mol. The highest BCUT2D eigenvalue weighted by atomic mass is 35.5. The fraction of sp³-hybridized carbons (Fsp3) is 0.344. The number of thiazole rings is 1. The molecule has 1 fully saturated rings. The Bertz CT molecular complexity index is 1740. The third kappa shape index (κ3) is 6.10. The fourth-order valence-corrected chi connectivity index (χ4v) is 8.58. The molecule has 0 spiro atoms. The zero-order valence-electron chi connectivity index (χ0n) is 24.5. The predicted octanol–water partition coefficient (Wildman–Crippen LogP) is 6.77. The molecule has 1 aromatic heterocycles. The van der Waals surface area contributed by atoms with E-state index in [1.54, 1.807) is 23.6 Å². The van der Waals surface area contributed by atoms with Gasteiger partial charge in [-0.15, -0.1) is 11.3 Å². The minimum absolute atomic E-state index is 0.129. The first-order chi connectivity index (χ1) is 21.3. The smallest absolute Gasteiger partial charge is 0.268 e. The van der Waals surface area contributed by atoms with Crippen molar-refractivity contribution in [3.63, 3.8) is 0 Å². The normalized spacial score (nSPS) is 18.3. The van der Waals surface area contributed by atoms with Gasteiger partial charge in [0, 0.05) is 36.1 Å². The van der Waals surface area contributed by atoms with E-state index in [9.17, 15) is 8.42 Å². The number of rotatable bonds is 11. The Morgan fingerprint density at radius 2 is 1.98 bits per heavy atom. The summed E-state index contributed by atoms with van der Waals surface area (Å²) in [5.41, 5.74) is 5.31. The number of likely N-dealkylation sites (tertiary alicyclic amines) is 1. The van der Waals surface area contributed by atoms with Crippen LogP contribution in [-0.2, 0) is 23.0 Å². The number of methoxy groups -OCH3 is 2. The molecule has 2 heterocycles. The minimum Gasteiger partial charge on any atom is -0.497 e. The third-order valence-corrected chi connectivity index (χ3v) is 11.2. The molecule has 0 radical (unpaired) electrons. The molecule has 0 saturated carbocycles. The summed E-state index contributed by atoms with van der Waals surface area (Å²) in [6.45, 7) is 2.42. The van der Waals surface area contributed by atoms with Gasteiger partial charge in [-0.1, -0.05) is 35.9 Å². The molecule has 232 valence electrons. The number of aromatic nitrogens is 1. The van der Waals surface area contributed by atoms with Crippen LogP contribution < -0.4 is 19.1 Å². The first-order valence-electron chi connectivity index (χ1n) is 14.4. The molecule has 2 aliphatic rings. The summed E-state index contributed by atoms with van der Waals surface area (Å²) in [7, 11) is -1.39. The maximum Gasteiger partial charge on any atom is 0.268 e. The summed E-state index contributed by atoms with van der Waals surface area (Å²) in [6.07, 6.45) is 3.27. The predicted molar refractivity (Wildman–Crippen MR) is 172 cm³/mol. The molecule has 1 saturated heterocycles. The van der Waals surface area contributed by atoms with Crippen molar-refractivity contribution in [3.05, 3.63) is 93.0 Å². The van der Waals surface area contributed by atoms with E-state index in [1.807, 2.05) is 0 Å². The van der Waals surface area contributed by atoms with Crippen molar-refractivity contribution in [2.75, 3.05) is 43.5 Å². The summed E-state index contributed by atoms with van der Waals surface area (Å²) in [4.78, 5) is 6.23. The lowest BCUT2D eigenvalue weighted by atomic mass is 10.1. The Morgan fingerprint density at radius 3 is 2.75 bits per heavy atom. The third-order valence-electron chi connectivity index (χ3n) is 8.51. The van der Waals surface area contributed by atoms with Gasteiger partial charge >= 0.3 is 0 Å². The highest BCUT2D eigenvalue weighted by Crippen LogP contribution is 2.39. The van der Waals surface area contributed by atoms with Gasteiger partial charge in [-0.2, -0.15) is 0 Å². The second-order valence-corrected chi connectivity index (χ2v) is 14.0. The van der Waals surface area contributed by atoms with Gasteiger partial charge in [0.15, 0.2) is 5.82 Å². The average molecular weight is 657 g/mol. The summed E-state index contributed by atoms with van der Waals surface area (Å²) in [5.74, 6) is 0.629. The van der Waals surface area contributed by atoms with Gasteiger partial charge in [-0.3, -0.25) is 4.90 Å². The lowest BCUT2D eigenvalue weighted by molar-refractivity contribution is 0.237. The van der Waals surface area contributed by atoms with E-state index < -0.39 is 20.7 Å². The van der Waals surface area contributed by atoms with Gasteiger partial charge in [0.25, 0.3) is 10.0 Å². The molecular formula is C32H34ClFN4O4S2. The molecule has 1 aliphatic carbocycles. The van der Waals surface area contributed by atoms with Gasteiger partial charge < -0.3 is 14.8 Å². The lowest BCUT2D eigenvalue weighted by Crippen LogP contribution is -2.31. The maximum atomic E-state index is 15.6. The largest absolute Gasteiger partial charge is 0.497 e. The maximum absolute atomic E-state index is 15.6. The molecule has 8 nitrogen and oxygen atoms in total. The Morgan fingerprint density at radius 1 is 1.14 bits per heavy atom. The summed E-state index contributed by atoms with van der Waals surface area (Å²) >= 11 is 7.82. The number of benzene rings is 3. The van der Waals surface area contributed by atoms with Crippen LogP contribution in [0.1, 0.15) is 35.6 Å². The summed E-state index contributed by atoms with van der Waals surface area (Å²) < 4.78 is 55.4. The van der Waals surface area contributed by atoms with Gasteiger partial charge in [0.05, 0.1) is 37.0 Å². The minimum atomic E-state index is -4.41. The average Bonchev–Trinajstić information content (AvgIpc) is 3.81. The van der Waals surface area contributed by atoms with Crippen LogP contribution in [0.4, 0.5) is 15.9 Å². The second-order valence-electron chi connectivity index (χ2n) is 11.1. The number of sulfonamides is 1. The zero-order chi connectivity index (χ0) is 30.8. The van der Waals surface area contributed by atoms with E-state index in [4.69, 9.17) is 21.1 Å². The van der Waals surface area contributed by atoms with E-state index in [-0.39, 0.29) is 17.4 Å². The topological polar surface area (TPSA) is 84.0 Å². The SMILES string of the molecule is COc1ccc(CN(c2cscn2)S(=O)(=O)c2cc(Cl)c(NCC3CCN([C@H]4CCc5ccccc54)C3)cc2F)c(OC)c1. The van der Waals surface area contributed by atoms with Crippen molar-refractivity contribution in [1.29, 1.82) is 0 Å². The number of nitrogens with zero attached hydrogens (tertiary/aromatic N) is 3. The quantitative estimate of drug-likeness (QED) is 0.191. The summed E-state index contributed by atoms with van der Waals surface area (Å²) in [6, 6.07) is 16.5. The number of hydrogen-bond acceptors (Lipinski definition) is 8. The Kier molecular flexibility index (Phi) is 9.00.